The van der Waals surface area contributed by atoms with Gasteiger partial charge in [0.05, 0.1) is 0 Å². The molecule has 1 aromatic rings. The Morgan fingerprint density at radius 1 is 1.38 bits per heavy atom. The Labute approximate surface area is 82.4 Å². The average molecular weight is 190 g/mol. The maximum Gasteiger partial charge on any atom is 0.104 e. The Bertz CT molecular complexity index is 382. The Balaban J connectivity index is 2.53. The van der Waals surface area contributed by atoms with Crippen molar-refractivity contribution in [2.24, 2.45) is 5.73 Å². The fourth-order valence-corrected chi connectivity index (χ4v) is 1.67. The molecule has 0 saturated carbocycles. The Morgan fingerprint density at radius 2 is 2.15 bits per heavy atom. The molecule has 2 rings (SSSR count). The van der Waals surface area contributed by atoms with Crippen molar-refractivity contribution in [3.8, 4) is 0 Å². The van der Waals surface area contributed by atoms with Gasteiger partial charge in [-0.25, -0.2) is 0 Å². The van der Waals surface area contributed by atoms with Gasteiger partial charge in [0.25, 0.3) is 0 Å². The summed E-state index contributed by atoms with van der Waals surface area (Å²) >= 11 is 4.97. The lowest BCUT2D eigenvalue weighted by molar-refractivity contribution is 1.30. The van der Waals surface area contributed by atoms with Crippen LogP contribution in [0.15, 0.2) is 30.3 Å². The molecule has 1 aliphatic rings. The Hall–Kier alpha value is -1.35. The lowest BCUT2D eigenvalue weighted by Crippen LogP contribution is -2.17. The summed E-state index contributed by atoms with van der Waals surface area (Å²) in [6, 6.07) is 8.03. The first-order valence-electron chi connectivity index (χ1n) is 4.12. The second-order valence-electron chi connectivity index (χ2n) is 2.91. The van der Waals surface area contributed by atoms with E-state index in [1.807, 2.05) is 30.3 Å². The molecule has 3 N–H and O–H groups in total. The van der Waals surface area contributed by atoms with Crippen LogP contribution in [-0.2, 0) is 0 Å². The maximum atomic E-state index is 5.62. The van der Waals surface area contributed by atoms with Gasteiger partial charge in [0, 0.05) is 23.4 Å². The molecule has 0 atom stereocenters. The molecule has 2 nitrogen and oxygen atoms in total. The van der Waals surface area contributed by atoms with Crippen molar-refractivity contribution in [3.63, 3.8) is 0 Å². The van der Waals surface area contributed by atoms with Gasteiger partial charge in [0.2, 0.25) is 0 Å². The fraction of sp³-hybridized carbons (Fsp3) is 0.100. The predicted octanol–water partition coefficient (Wildman–Crippen LogP) is 1.78. The van der Waals surface area contributed by atoms with Gasteiger partial charge in [-0.05, 0) is 6.07 Å². The zero-order valence-electron chi connectivity index (χ0n) is 7.08. The first-order chi connectivity index (χ1) is 6.29. The molecule has 1 aliphatic heterocycles. The van der Waals surface area contributed by atoms with E-state index in [1.54, 1.807) is 0 Å². The van der Waals surface area contributed by atoms with E-state index in [2.05, 4.69) is 5.32 Å². The highest BCUT2D eigenvalue weighted by Gasteiger charge is 2.12. The largest absolute Gasteiger partial charge is 0.389 e. The van der Waals surface area contributed by atoms with Crippen LogP contribution in [0.1, 0.15) is 5.56 Å². The molecule has 0 bridgehead atoms. The van der Waals surface area contributed by atoms with Gasteiger partial charge in [-0.15, -0.1) is 0 Å². The molecular formula is C10H10N2S. The minimum Gasteiger partial charge on any atom is -0.389 e. The summed E-state index contributed by atoms with van der Waals surface area (Å²) in [5.74, 6) is 0. The van der Waals surface area contributed by atoms with E-state index >= 15 is 0 Å². The predicted molar refractivity (Wildman–Crippen MR) is 59.7 cm³/mol. The molecule has 0 spiro atoms. The van der Waals surface area contributed by atoms with E-state index in [-0.39, 0.29) is 0 Å². The van der Waals surface area contributed by atoms with Crippen molar-refractivity contribution in [2.45, 2.75) is 0 Å². The molecule has 1 heterocycles. The summed E-state index contributed by atoms with van der Waals surface area (Å²) in [6.07, 6.45) is 2.02. The maximum absolute atomic E-state index is 5.62. The van der Waals surface area contributed by atoms with E-state index < -0.39 is 0 Å². The monoisotopic (exact) mass is 190 g/mol. The summed E-state index contributed by atoms with van der Waals surface area (Å²) in [5, 5.41) is 3.26. The van der Waals surface area contributed by atoms with Crippen LogP contribution in [0.3, 0.4) is 0 Å². The van der Waals surface area contributed by atoms with Crippen LogP contribution in [0.4, 0.5) is 5.69 Å². The van der Waals surface area contributed by atoms with Crippen molar-refractivity contribution in [1.29, 1.82) is 0 Å². The highest BCUT2D eigenvalue weighted by molar-refractivity contribution is 7.81. The number of hydrogen-bond acceptors (Lipinski definition) is 2. The van der Waals surface area contributed by atoms with Crippen molar-refractivity contribution in [1.82, 2.24) is 0 Å². The molecule has 0 aliphatic carbocycles. The molecule has 0 unspecified atom stereocenters. The Morgan fingerprint density at radius 3 is 2.92 bits per heavy atom. The number of anilines is 1. The van der Waals surface area contributed by atoms with Crippen molar-refractivity contribution in [3.05, 3.63) is 35.9 Å². The van der Waals surface area contributed by atoms with Crippen LogP contribution < -0.4 is 11.1 Å². The van der Waals surface area contributed by atoms with Crippen molar-refractivity contribution < 1.29 is 0 Å². The number of hydrogen-bond donors (Lipinski definition) is 2. The van der Waals surface area contributed by atoms with Gasteiger partial charge in [-0.3, -0.25) is 0 Å². The standard InChI is InChI=1S/C10H10N2S/c11-10(13)8-5-6-12-9-4-2-1-3-7(8)9/h1-5,12H,6H2,(H2,11,13). The summed E-state index contributed by atoms with van der Waals surface area (Å²) in [6.45, 7) is 0.795. The van der Waals surface area contributed by atoms with Gasteiger partial charge >= 0.3 is 0 Å². The Kier molecular flexibility index (Phi) is 2.02. The van der Waals surface area contributed by atoms with Gasteiger partial charge in [-0.2, -0.15) is 0 Å². The van der Waals surface area contributed by atoms with E-state index in [0.717, 1.165) is 23.4 Å². The van der Waals surface area contributed by atoms with E-state index in [1.165, 1.54) is 0 Å². The third-order valence-electron chi connectivity index (χ3n) is 2.08. The molecule has 0 amide bonds. The first-order valence-corrected chi connectivity index (χ1v) is 4.53. The second kappa shape index (κ2) is 3.18. The second-order valence-corrected chi connectivity index (χ2v) is 3.35. The first kappa shape index (κ1) is 8.26. The van der Waals surface area contributed by atoms with Crippen LogP contribution in [0.25, 0.3) is 5.57 Å². The van der Waals surface area contributed by atoms with Gasteiger partial charge in [0.1, 0.15) is 4.99 Å². The molecule has 0 aromatic heterocycles. The molecule has 0 radical (unpaired) electrons. The lowest BCUT2D eigenvalue weighted by Gasteiger charge is -2.18. The smallest absolute Gasteiger partial charge is 0.104 e. The van der Waals surface area contributed by atoms with Gasteiger partial charge < -0.3 is 11.1 Å². The van der Waals surface area contributed by atoms with Gasteiger partial charge in [0.15, 0.2) is 0 Å². The minimum atomic E-state index is 0.467. The molecule has 0 saturated heterocycles. The fourth-order valence-electron chi connectivity index (χ4n) is 1.48. The number of nitrogens with one attached hydrogen (secondary N) is 1. The zero-order chi connectivity index (χ0) is 9.26. The van der Waals surface area contributed by atoms with Crippen molar-refractivity contribution >= 4 is 28.5 Å². The quantitative estimate of drug-likeness (QED) is 0.663. The number of nitrogens with two attached hydrogens (primary N) is 1. The third-order valence-corrected chi connectivity index (χ3v) is 2.30. The summed E-state index contributed by atoms with van der Waals surface area (Å²) in [7, 11) is 0. The molecule has 66 valence electrons. The zero-order valence-corrected chi connectivity index (χ0v) is 7.90. The third kappa shape index (κ3) is 1.42. The SMILES string of the molecule is NC(=S)C1=CCNc2ccccc21. The highest BCUT2D eigenvalue weighted by Crippen LogP contribution is 2.26. The highest BCUT2D eigenvalue weighted by atomic mass is 32.1. The van der Waals surface area contributed by atoms with Crippen molar-refractivity contribution in [2.75, 3.05) is 11.9 Å². The van der Waals surface area contributed by atoms with Crippen LogP contribution >= 0.6 is 12.2 Å². The summed E-state index contributed by atoms with van der Waals surface area (Å²) in [4.78, 5) is 0.467. The number of benzene rings is 1. The minimum absolute atomic E-state index is 0.467. The van der Waals surface area contributed by atoms with E-state index in [4.69, 9.17) is 18.0 Å². The summed E-state index contributed by atoms with van der Waals surface area (Å²) in [5.41, 5.74) is 8.80. The van der Waals surface area contributed by atoms with Crippen LogP contribution in [0.2, 0.25) is 0 Å². The van der Waals surface area contributed by atoms with E-state index in [0.29, 0.717) is 4.99 Å². The van der Waals surface area contributed by atoms with Gasteiger partial charge in [-0.1, -0.05) is 36.5 Å². The number of rotatable bonds is 1. The number of fused-ring (bicyclic) bond motifs is 1. The molecule has 1 aromatic carbocycles. The average Bonchev–Trinajstić information content (AvgIpc) is 2.17. The topological polar surface area (TPSA) is 38.0 Å². The lowest BCUT2D eigenvalue weighted by atomic mass is 10.0. The summed E-state index contributed by atoms with van der Waals surface area (Å²) < 4.78 is 0. The van der Waals surface area contributed by atoms with Crippen LogP contribution in [-0.4, -0.2) is 11.5 Å². The molecular weight excluding hydrogens is 180 g/mol. The van der Waals surface area contributed by atoms with Crippen LogP contribution in [0, 0.1) is 0 Å². The number of para-hydroxylation sites is 1. The normalized spacial score (nSPS) is 14.0. The van der Waals surface area contributed by atoms with E-state index in [9.17, 15) is 0 Å². The molecule has 0 fully saturated rings. The molecule has 3 heteroatoms. The molecule has 13 heavy (non-hydrogen) atoms. The van der Waals surface area contributed by atoms with Crippen LogP contribution in [0.5, 0.6) is 0 Å². The number of thiocarbonyl (C=S) groups is 1.